The van der Waals surface area contributed by atoms with Gasteiger partial charge in [0.25, 0.3) is 0 Å². The minimum atomic E-state index is -2.29. The van der Waals surface area contributed by atoms with Crippen LogP contribution in [-0.4, -0.2) is 7.11 Å². The Kier molecular flexibility index (Phi) is 3.07. The SMILES string of the molecule is COC([O])c1c(F)c(F)cc(F)c1F. The van der Waals surface area contributed by atoms with E-state index in [-0.39, 0.29) is 6.07 Å². The van der Waals surface area contributed by atoms with Crippen molar-refractivity contribution in [2.45, 2.75) is 6.29 Å². The summed E-state index contributed by atoms with van der Waals surface area (Å²) in [6.07, 6.45) is -2.29. The van der Waals surface area contributed by atoms with Crippen LogP contribution in [0.5, 0.6) is 0 Å². The Balaban J connectivity index is 3.39. The van der Waals surface area contributed by atoms with E-state index >= 15 is 0 Å². The van der Waals surface area contributed by atoms with Gasteiger partial charge < -0.3 is 4.74 Å². The van der Waals surface area contributed by atoms with Crippen LogP contribution >= 0.6 is 0 Å². The van der Waals surface area contributed by atoms with Gasteiger partial charge >= 0.3 is 0 Å². The predicted octanol–water partition coefficient (Wildman–Crippen LogP) is 2.32. The Labute approximate surface area is 76.7 Å². The maximum atomic E-state index is 12.8. The number of ether oxygens (including phenoxy) is 1. The highest BCUT2D eigenvalue weighted by Crippen LogP contribution is 2.25. The monoisotopic (exact) mass is 209 g/mol. The number of hydrogen-bond acceptors (Lipinski definition) is 1. The lowest BCUT2D eigenvalue weighted by atomic mass is 10.1. The Morgan fingerprint density at radius 3 is 1.93 bits per heavy atom. The second-order valence-corrected chi connectivity index (χ2v) is 2.45. The third-order valence-electron chi connectivity index (χ3n) is 1.60. The van der Waals surface area contributed by atoms with Gasteiger partial charge in [0, 0.05) is 13.2 Å². The third kappa shape index (κ3) is 1.71. The second-order valence-electron chi connectivity index (χ2n) is 2.45. The minimum absolute atomic E-state index is 0.0244. The first-order valence-corrected chi connectivity index (χ1v) is 3.50. The second kappa shape index (κ2) is 3.93. The fourth-order valence-electron chi connectivity index (χ4n) is 0.916. The Hall–Kier alpha value is -1.14. The summed E-state index contributed by atoms with van der Waals surface area (Å²) >= 11 is 0. The molecule has 1 atom stereocenters. The van der Waals surface area contributed by atoms with E-state index in [0.29, 0.717) is 0 Å². The van der Waals surface area contributed by atoms with Gasteiger partial charge in [-0.1, -0.05) is 0 Å². The van der Waals surface area contributed by atoms with Gasteiger partial charge in [-0.25, -0.2) is 17.6 Å². The molecule has 1 aromatic carbocycles. The highest BCUT2D eigenvalue weighted by atomic mass is 19.2. The summed E-state index contributed by atoms with van der Waals surface area (Å²) < 4.78 is 54.8. The molecular formula is C8H5F4O2. The lowest BCUT2D eigenvalue weighted by Crippen LogP contribution is -2.08. The van der Waals surface area contributed by atoms with E-state index in [9.17, 15) is 22.7 Å². The molecule has 0 N–H and O–H groups in total. The van der Waals surface area contributed by atoms with Crippen LogP contribution in [0.4, 0.5) is 17.6 Å². The first-order chi connectivity index (χ1) is 6.49. The molecule has 2 nitrogen and oxygen atoms in total. The molecule has 0 spiro atoms. The standard InChI is InChI=1S/C8H5F4O2/c1-14-8(13)5-6(11)3(9)2-4(10)7(5)12/h2,8H,1H3. The van der Waals surface area contributed by atoms with Crippen LogP contribution in [-0.2, 0) is 9.84 Å². The molecule has 1 unspecified atom stereocenters. The van der Waals surface area contributed by atoms with Gasteiger partial charge in [0.05, 0.1) is 5.56 Å². The first kappa shape index (κ1) is 10.9. The third-order valence-corrected chi connectivity index (χ3v) is 1.60. The van der Waals surface area contributed by atoms with E-state index in [1.165, 1.54) is 0 Å². The maximum absolute atomic E-state index is 12.8. The number of methoxy groups -OCH3 is 1. The van der Waals surface area contributed by atoms with Gasteiger partial charge in [-0.2, -0.15) is 5.11 Å². The average Bonchev–Trinajstić information content (AvgIpc) is 2.15. The Morgan fingerprint density at radius 2 is 1.57 bits per heavy atom. The molecule has 0 aliphatic heterocycles. The molecule has 1 aromatic rings. The highest BCUT2D eigenvalue weighted by Gasteiger charge is 2.25. The van der Waals surface area contributed by atoms with Crippen molar-refractivity contribution in [2.24, 2.45) is 0 Å². The van der Waals surface area contributed by atoms with Crippen molar-refractivity contribution < 1.29 is 27.4 Å². The van der Waals surface area contributed by atoms with Crippen molar-refractivity contribution in [3.05, 3.63) is 34.9 Å². The quantitative estimate of drug-likeness (QED) is 0.417. The molecule has 6 heteroatoms. The van der Waals surface area contributed by atoms with E-state index < -0.39 is 35.1 Å². The summed E-state index contributed by atoms with van der Waals surface area (Å²) in [6.45, 7) is 0. The summed E-state index contributed by atoms with van der Waals surface area (Å²) in [5, 5.41) is 10.8. The van der Waals surface area contributed by atoms with E-state index in [2.05, 4.69) is 4.74 Å². The molecule has 0 aliphatic carbocycles. The molecule has 1 radical (unpaired) electrons. The normalized spacial score (nSPS) is 13.0. The van der Waals surface area contributed by atoms with Gasteiger partial charge in [-0.3, -0.25) is 0 Å². The molecule has 1 rings (SSSR count). The minimum Gasteiger partial charge on any atom is -0.349 e. The van der Waals surface area contributed by atoms with Crippen LogP contribution < -0.4 is 0 Å². The molecule has 0 heterocycles. The summed E-state index contributed by atoms with van der Waals surface area (Å²) in [5.41, 5.74) is -1.29. The van der Waals surface area contributed by atoms with Crippen LogP contribution in [0.2, 0.25) is 0 Å². The van der Waals surface area contributed by atoms with Crippen LogP contribution in [0.25, 0.3) is 0 Å². The Bertz CT molecular complexity index is 327. The van der Waals surface area contributed by atoms with Crippen molar-refractivity contribution in [1.29, 1.82) is 0 Å². The van der Waals surface area contributed by atoms with Crippen molar-refractivity contribution in [3.8, 4) is 0 Å². The summed E-state index contributed by atoms with van der Waals surface area (Å²) in [7, 11) is 0.874. The highest BCUT2D eigenvalue weighted by molar-refractivity contribution is 5.23. The Morgan fingerprint density at radius 1 is 1.14 bits per heavy atom. The van der Waals surface area contributed by atoms with Crippen molar-refractivity contribution in [2.75, 3.05) is 7.11 Å². The first-order valence-electron chi connectivity index (χ1n) is 3.50. The summed E-state index contributed by atoms with van der Waals surface area (Å²) in [6, 6.07) is 0.0244. The molecule has 0 fully saturated rings. The number of rotatable bonds is 2. The van der Waals surface area contributed by atoms with Crippen molar-refractivity contribution >= 4 is 0 Å². The zero-order valence-electron chi connectivity index (χ0n) is 6.98. The van der Waals surface area contributed by atoms with Gasteiger partial charge in [0.15, 0.2) is 23.3 Å². The molecule has 14 heavy (non-hydrogen) atoms. The summed E-state index contributed by atoms with van der Waals surface area (Å²) in [4.78, 5) is 0. The molecule has 0 saturated carbocycles. The van der Waals surface area contributed by atoms with Crippen molar-refractivity contribution in [3.63, 3.8) is 0 Å². The lowest BCUT2D eigenvalue weighted by Gasteiger charge is -2.09. The molecule has 0 saturated heterocycles. The molecule has 0 aliphatic rings. The average molecular weight is 209 g/mol. The fraction of sp³-hybridized carbons (Fsp3) is 0.250. The van der Waals surface area contributed by atoms with Crippen LogP contribution in [0, 0.1) is 23.3 Å². The van der Waals surface area contributed by atoms with E-state index in [4.69, 9.17) is 0 Å². The number of hydrogen-bond donors (Lipinski definition) is 0. The van der Waals surface area contributed by atoms with E-state index in [1.54, 1.807) is 0 Å². The van der Waals surface area contributed by atoms with Gasteiger partial charge in [-0.05, 0) is 0 Å². The van der Waals surface area contributed by atoms with E-state index in [1.807, 2.05) is 0 Å². The van der Waals surface area contributed by atoms with Crippen molar-refractivity contribution in [1.82, 2.24) is 0 Å². The van der Waals surface area contributed by atoms with Crippen LogP contribution in [0.1, 0.15) is 11.9 Å². The lowest BCUT2D eigenvalue weighted by molar-refractivity contribution is -0.127. The van der Waals surface area contributed by atoms with Crippen LogP contribution in [0.3, 0.4) is 0 Å². The molecule has 77 valence electrons. The topological polar surface area (TPSA) is 29.1 Å². The molecule has 0 amide bonds. The van der Waals surface area contributed by atoms with Gasteiger partial charge in [0.2, 0.25) is 6.29 Å². The molecular weight excluding hydrogens is 204 g/mol. The zero-order valence-corrected chi connectivity index (χ0v) is 6.98. The maximum Gasteiger partial charge on any atom is 0.223 e. The smallest absolute Gasteiger partial charge is 0.223 e. The fourth-order valence-corrected chi connectivity index (χ4v) is 0.916. The van der Waals surface area contributed by atoms with Crippen LogP contribution in [0.15, 0.2) is 6.07 Å². The predicted molar refractivity (Wildman–Crippen MR) is 36.7 cm³/mol. The van der Waals surface area contributed by atoms with E-state index in [0.717, 1.165) is 7.11 Å². The van der Waals surface area contributed by atoms with Gasteiger partial charge in [0.1, 0.15) is 0 Å². The molecule has 0 bridgehead atoms. The summed E-state index contributed by atoms with van der Waals surface area (Å²) in [5.74, 6) is -6.72. The van der Waals surface area contributed by atoms with Gasteiger partial charge in [-0.15, -0.1) is 0 Å². The number of benzene rings is 1. The number of halogens is 4. The largest absolute Gasteiger partial charge is 0.349 e. The zero-order chi connectivity index (χ0) is 10.9. The molecule has 0 aromatic heterocycles.